The second-order valence-corrected chi connectivity index (χ2v) is 11.6. The van der Waals surface area contributed by atoms with E-state index in [0.29, 0.717) is 17.9 Å². The summed E-state index contributed by atoms with van der Waals surface area (Å²) in [7, 11) is 2.21. The Morgan fingerprint density at radius 3 is 2.45 bits per heavy atom. The van der Waals surface area contributed by atoms with Gasteiger partial charge in [0.25, 0.3) is 0 Å². The van der Waals surface area contributed by atoms with Gasteiger partial charge in [-0.3, -0.25) is 0 Å². The van der Waals surface area contributed by atoms with E-state index in [0.717, 1.165) is 75.4 Å². The van der Waals surface area contributed by atoms with Gasteiger partial charge in [-0.1, -0.05) is 6.42 Å². The zero-order chi connectivity index (χ0) is 21.6. The number of hydrogen-bond donors (Lipinski definition) is 0. The van der Waals surface area contributed by atoms with E-state index in [4.69, 9.17) is 14.7 Å². The topological polar surface area (TPSA) is 41.5 Å². The van der Waals surface area contributed by atoms with Crippen LogP contribution in [-0.4, -0.2) is 54.7 Å². The predicted molar refractivity (Wildman–Crippen MR) is 138 cm³/mol. The average Bonchev–Trinajstić information content (AvgIpc) is 2.76. The van der Waals surface area contributed by atoms with Gasteiger partial charge in [0.1, 0.15) is 17.2 Å². The Morgan fingerprint density at radius 2 is 1.84 bits per heavy atom. The van der Waals surface area contributed by atoms with Gasteiger partial charge in [0, 0.05) is 28.0 Å². The summed E-state index contributed by atoms with van der Waals surface area (Å²) in [6.07, 6.45) is 9.11. The molecule has 3 heterocycles. The molecule has 2 aromatic rings. The standard InChI is InChI=1S/C24H32BrIN4O/c1-3-31-21-19(25)18(26)15-17-20(21)27-22(16-5-11-29(2)12-6-16)28-23(17)30-13-9-24(10-14-30)7-4-8-24/h15-16H,3-14H2,1-2H3. The van der Waals surface area contributed by atoms with Crippen molar-refractivity contribution in [2.45, 2.75) is 57.8 Å². The van der Waals surface area contributed by atoms with E-state index in [2.05, 4.69) is 61.4 Å². The fourth-order valence-electron chi connectivity index (χ4n) is 5.52. The van der Waals surface area contributed by atoms with Gasteiger partial charge in [-0.2, -0.15) is 0 Å². The molecule has 0 atom stereocenters. The fraction of sp³-hybridized carbons (Fsp3) is 0.667. The predicted octanol–water partition coefficient (Wildman–Crippen LogP) is 5.98. The highest BCUT2D eigenvalue weighted by Crippen LogP contribution is 2.50. The van der Waals surface area contributed by atoms with Gasteiger partial charge in [0.05, 0.1) is 11.1 Å². The third kappa shape index (κ3) is 4.19. The number of rotatable bonds is 4. The molecular weight excluding hydrogens is 567 g/mol. The minimum atomic E-state index is 0.426. The van der Waals surface area contributed by atoms with E-state index in [9.17, 15) is 0 Å². The summed E-state index contributed by atoms with van der Waals surface area (Å²) in [5.41, 5.74) is 1.60. The molecule has 1 aliphatic carbocycles. The first kappa shape index (κ1) is 22.1. The highest BCUT2D eigenvalue weighted by atomic mass is 127. The molecule has 2 aliphatic heterocycles. The molecule has 31 heavy (non-hydrogen) atoms. The summed E-state index contributed by atoms with van der Waals surface area (Å²) >= 11 is 6.16. The molecule has 0 bridgehead atoms. The Bertz CT molecular complexity index is 962. The normalized spacial score (nSPS) is 22.1. The van der Waals surface area contributed by atoms with Gasteiger partial charge in [-0.15, -0.1) is 0 Å². The maximum Gasteiger partial charge on any atom is 0.160 e. The Labute approximate surface area is 207 Å². The van der Waals surface area contributed by atoms with Crippen LogP contribution in [0.15, 0.2) is 10.5 Å². The number of likely N-dealkylation sites (tertiary alicyclic amines) is 1. The van der Waals surface area contributed by atoms with Gasteiger partial charge in [0.2, 0.25) is 0 Å². The molecule has 5 rings (SSSR count). The van der Waals surface area contributed by atoms with Crippen molar-refractivity contribution in [3.63, 3.8) is 0 Å². The maximum atomic E-state index is 6.12. The lowest BCUT2D eigenvalue weighted by Crippen LogP contribution is -2.44. The Morgan fingerprint density at radius 1 is 1.13 bits per heavy atom. The van der Waals surface area contributed by atoms with Gasteiger partial charge < -0.3 is 14.5 Å². The van der Waals surface area contributed by atoms with Crippen molar-refractivity contribution in [2.75, 3.05) is 44.7 Å². The van der Waals surface area contributed by atoms with Crippen molar-refractivity contribution in [3.05, 3.63) is 19.9 Å². The van der Waals surface area contributed by atoms with Gasteiger partial charge in [-0.25, -0.2) is 9.97 Å². The Kier molecular flexibility index (Phi) is 6.38. The lowest BCUT2D eigenvalue weighted by atomic mass is 9.63. The van der Waals surface area contributed by atoms with Crippen LogP contribution in [0.1, 0.15) is 63.6 Å². The number of halogens is 2. The molecule has 1 aromatic carbocycles. The summed E-state index contributed by atoms with van der Waals surface area (Å²) in [5, 5.41) is 1.14. The smallest absolute Gasteiger partial charge is 0.160 e. The highest BCUT2D eigenvalue weighted by Gasteiger charge is 2.40. The molecule has 1 saturated carbocycles. The van der Waals surface area contributed by atoms with Crippen LogP contribution in [0.2, 0.25) is 0 Å². The maximum absolute atomic E-state index is 6.12. The Balaban J connectivity index is 1.59. The molecule has 0 radical (unpaired) electrons. The van der Waals surface area contributed by atoms with Crippen LogP contribution in [0.4, 0.5) is 5.82 Å². The van der Waals surface area contributed by atoms with Crippen LogP contribution in [0.3, 0.4) is 0 Å². The minimum absolute atomic E-state index is 0.426. The lowest BCUT2D eigenvalue weighted by molar-refractivity contribution is 0.0953. The van der Waals surface area contributed by atoms with E-state index in [1.807, 2.05) is 6.92 Å². The largest absolute Gasteiger partial charge is 0.490 e. The van der Waals surface area contributed by atoms with Crippen LogP contribution in [0.5, 0.6) is 5.75 Å². The van der Waals surface area contributed by atoms with Gasteiger partial charge in [-0.05, 0) is 116 Å². The third-order valence-corrected chi connectivity index (χ3v) is 10.1. The minimum Gasteiger partial charge on any atom is -0.490 e. The summed E-state index contributed by atoms with van der Waals surface area (Å²) < 4.78 is 8.28. The molecule has 0 N–H and O–H groups in total. The van der Waals surface area contributed by atoms with E-state index >= 15 is 0 Å². The number of hydrogen-bond acceptors (Lipinski definition) is 5. The Hall–Kier alpha value is -0.670. The van der Waals surface area contributed by atoms with E-state index in [-0.39, 0.29) is 0 Å². The zero-order valence-electron chi connectivity index (χ0n) is 18.6. The van der Waals surface area contributed by atoms with Crippen molar-refractivity contribution in [2.24, 2.45) is 5.41 Å². The number of benzene rings is 1. The second kappa shape index (κ2) is 8.93. The first-order valence-electron chi connectivity index (χ1n) is 11.8. The van der Waals surface area contributed by atoms with Crippen molar-refractivity contribution in [3.8, 4) is 5.75 Å². The van der Waals surface area contributed by atoms with E-state index in [1.54, 1.807) is 0 Å². The number of anilines is 1. The molecular formula is C24H32BrIN4O. The zero-order valence-corrected chi connectivity index (χ0v) is 22.3. The molecule has 7 heteroatoms. The third-order valence-electron chi connectivity index (χ3n) is 7.75. The molecule has 2 saturated heterocycles. The summed E-state index contributed by atoms with van der Waals surface area (Å²) in [4.78, 5) is 15.3. The molecule has 0 amide bonds. The molecule has 3 fully saturated rings. The number of fused-ring (bicyclic) bond motifs is 1. The molecule has 168 valence electrons. The highest BCUT2D eigenvalue weighted by molar-refractivity contribution is 14.1. The van der Waals surface area contributed by atoms with E-state index < -0.39 is 0 Å². The summed E-state index contributed by atoms with van der Waals surface area (Å²) in [6.45, 7) is 7.11. The van der Waals surface area contributed by atoms with Crippen molar-refractivity contribution in [1.29, 1.82) is 0 Å². The number of aromatic nitrogens is 2. The van der Waals surface area contributed by atoms with E-state index in [1.165, 1.54) is 32.1 Å². The van der Waals surface area contributed by atoms with Crippen LogP contribution in [0.25, 0.3) is 10.9 Å². The number of piperidine rings is 2. The quantitative estimate of drug-likeness (QED) is 0.405. The van der Waals surface area contributed by atoms with Crippen LogP contribution < -0.4 is 9.64 Å². The van der Waals surface area contributed by atoms with Crippen LogP contribution in [-0.2, 0) is 0 Å². The molecule has 1 aromatic heterocycles. The molecule has 0 unspecified atom stereocenters. The average molecular weight is 599 g/mol. The van der Waals surface area contributed by atoms with Gasteiger partial charge in [0.15, 0.2) is 5.75 Å². The number of nitrogens with zero attached hydrogens (tertiary/aromatic N) is 4. The molecule has 5 nitrogen and oxygen atoms in total. The van der Waals surface area contributed by atoms with Crippen molar-refractivity contribution in [1.82, 2.24) is 14.9 Å². The summed E-state index contributed by atoms with van der Waals surface area (Å²) in [5.74, 6) is 3.43. The monoisotopic (exact) mass is 598 g/mol. The van der Waals surface area contributed by atoms with Crippen LogP contribution >= 0.6 is 38.5 Å². The van der Waals surface area contributed by atoms with Crippen LogP contribution in [0, 0.1) is 8.99 Å². The van der Waals surface area contributed by atoms with Crippen molar-refractivity contribution >= 4 is 55.2 Å². The lowest BCUT2D eigenvalue weighted by Gasteiger charge is -2.48. The van der Waals surface area contributed by atoms with Gasteiger partial charge >= 0.3 is 0 Å². The molecule has 1 spiro atoms. The molecule has 3 aliphatic rings. The second-order valence-electron chi connectivity index (χ2n) is 9.65. The first-order chi connectivity index (χ1) is 15.0. The number of ether oxygens (including phenoxy) is 1. The van der Waals surface area contributed by atoms with Crippen molar-refractivity contribution < 1.29 is 4.74 Å². The first-order valence-corrected chi connectivity index (χ1v) is 13.6. The SMILES string of the molecule is CCOc1c(Br)c(I)cc2c(N3CCC4(CCC4)CC3)nc(C3CCN(C)CC3)nc12. The fourth-order valence-corrected chi connectivity index (χ4v) is 6.49. The summed E-state index contributed by atoms with van der Waals surface area (Å²) in [6, 6.07) is 2.24.